The number of benzene rings is 2. The van der Waals surface area contributed by atoms with Gasteiger partial charge >= 0.3 is 0 Å². The molecule has 0 saturated carbocycles. The van der Waals surface area contributed by atoms with Crippen LogP contribution in [-0.2, 0) is 0 Å². The molecule has 0 heterocycles. The fraction of sp³-hybridized carbons (Fsp3) is 0.0714. The molecule has 0 amide bonds. The van der Waals surface area contributed by atoms with E-state index in [2.05, 4.69) is 0 Å². The van der Waals surface area contributed by atoms with E-state index in [0.29, 0.717) is 10.8 Å². The lowest BCUT2D eigenvalue weighted by molar-refractivity contribution is 0.103. The van der Waals surface area contributed by atoms with Crippen molar-refractivity contribution >= 4 is 23.1 Å². The number of methoxy groups -OCH3 is 1. The van der Waals surface area contributed by atoms with Crippen LogP contribution in [0.25, 0.3) is 0 Å². The summed E-state index contributed by atoms with van der Waals surface area (Å²) in [7, 11) is 1.42. The predicted molar refractivity (Wildman–Crippen MR) is 72.2 cm³/mol. The maximum Gasteiger partial charge on any atom is 0.198 e. The zero-order valence-corrected chi connectivity index (χ0v) is 10.9. The Morgan fingerprint density at radius 2 is 1.89 bits per heavy atom. The van der Waals surface area contributed by atoms with Gasteiger partial charge in [0.2, 0.25) is 0 Å². The summed E-state index contributed by atoms with van der Waals surface area (Å²) in [5.41, 5.74) is 6.08. The number of halogens is 2. The van der Waals surface area contributed by atoms with E-state index < -0.39 is 11.6 Å². The average molecular weight is 280 g/mol. The lowest BCUT2D eigenvalue weighted by Gasteiger charge is -2.07. The molecule has 0 radical (unpaired) electrons. The molecule has 0 bridgehead atoms. The van der Waals surface area contributed by atoms with Crippen molar-refractivity contribution in [2.45, 2.75) is 0 Å². The number of carbonyl (C=O) groups is 1. The summed E-state index contributed by atoms with van der Waals surface area (Å²) in [6.45, 7) is 0. The van der Waals surface area contributed by atoms with E-state index in [1.165, 1.54) is 37.4 Å². The Balaban J connectivity index is 2.44. The molecule has 0 spiro atoms. The maximum atomic E-state index is 13.8. The Hall–Kier alpha value is -2.07. The number of carbonyl (C=O) groups excluding carboxylic acids is 1. The number of rotatable bonds is 3. The summed E-state index contributed by atoms with van der Waals surface area (Å²) in [6.07, 6.45) is 0. The molecule has 0 saturated heterocycles. The average Bonchev–Trinajstić information content (AvgIpc) is 2.37. The first-order valence-corrected chi connectivity index (χ1v) is 5.84. The minimum absolute atomic E-state index is 0.0603. The molecule has 0 atom stereocenters. The fourth-order valence-corrected chi connectivity index (χ4v) is 1.87. The number of hydrogen-bond acceptors (Lipinski definition) is 3. The van der Waals surface area contributed by atoms with Gasteiger partial charge in [0.1, 0.15) is 11.6 Å². The molecule has 2 aromatic carbocycles. The Kier molecular flexibility index (Phi) is 3.71. The van der Waals surface area contributed by atoms with Gasteiger partial charge in [-0.2, -0.15) is 0 Å². The largest absolute Gasteiger partial charge is 0.497 e. The van der Waals surface area contributed by atoms with E-state index in [1.807, 2.05) is 0 Å². The van der Waals surface area contributed by atoms with Crippen molar-refractivity contribution in [2.24, 2.45) is 0 Å². The first-order chi connectivity index (χ1) is 9.02. The minimum atomic E-state index is -0.654. The van der Waals surface area contributed by atoms with Crippen LogP contribution in [0.5, 0.6) is 5.75 Å². The third-order valence-corrected chi connectivity index (χ3v) is 2.91. The van der Waals surface area contributed by atoms with Crippen LogP contribution in [0.3, 0.4) is 0 Å². The number of ether oxygens (including phenoxy) is 1. The number of ketones is 1. The molecule has 0 aliphatic carbocycles. The van der Waals surface area contributed by atoms with Gasteiger partial charge in [0.25, 0.3) is 0 Å². The molecular weight excluding hydrogens is 269 g/mol. The van der Waals surface area contributed by atoms with Gasteiger partial charge in [-0.25, -0.2) is 4.39 Å². The molecule has 98 valence electrons. The number of nitrogens with two attached hydrogens (primary N) is 1. The smallest absolute Gasteiger partial charge is 0.198 e. The Morgan fingerprint density at radius 1 is 1.21 bits per heavy atom. The van der Waals surface area contributed by atoms with Crippen molar-refractivity contribution in [2.75, 3.05) is 12.8 Å². The monoisotopic (exact) mass is 279 g/mol. The molecule has 2 N–H and O–H groups in total. The summed E-state index contributed by atoms with van der Waals surface area (Å²) >= 11 is 5.76. The molecule has 2 rings (SSSR count). The zero-order valence-electron chi connectivity index (χ0n) is 10.1. The third kappa shape index (κ3) is 2.69. The lowest BCUT2D eigenvalue weighted by Crippen LogP contribution is -2.07. The van der Waals surface area contributed by atoms with Crippen molar-refractivity contribution in [1.29, 1.82) is 0 Å². The SMILES string of the molecule is COc1ccc(C(=O)c2ccc(Cl)cc2N)c(F)c1. The van der Waals surface area contributed by atoms with Gasteiger partial charge in [-0.3, -0.25) is 4.79 Å². The highest BCUT2D eigenvalue weighted by Gasteiger charge is 2.17. The van der Waals surface area contributed by atoms with Gasteiger partial charge in [-0.1, -0.05) is 11.6 Å². The van der Waals surface area contributed by atoms with Gasteiger partial charge in [0.15, 0.2) is 5.78 Å². The van der Waals surface area contributed by atoms with Crippen molar-refractivity contribution in [3.05, 3.63) is 58.4 Å². The van der Waals surface area contributed by atoms with E-state index >= 15 is 0 Å². The van der Waals surface area contributed by atoms with E-state index in [1.54, 1.807) is 0 Å². The Morgan fingerprint density at radius 3 is 2.47 bits per heavy atom. The summed E-state index contributed by atoms with van der Waals surface area (Å²) in [4.78, 5) is 12.2. The number of hydrogen-bond donors (Lipinski definition) is 1. The van der Waals surface area contributed by atoms with Crippen molar-refractivity contribution < 1.29 is 13.9 Å². The minimum Gasteiger partial charge on any atom is -0.497 e. The molecule has 5 heteroatoms. The third-order valence-electron chi connectivity index (χ3n) is 2.68. The van der Waals surface area contributed by atoms with Crippen LogP contribution >= 0.6 is 11.6 Å². The Bertz CT molecular complexity index is 643. The highest BCUT2D eigenvalue weighted by Crippen LogP contribution is 2.24. The quantitative estimate of drug-likeness (QED) is 0.693. The molecule has 0 aliphatic heterocycles. The fourth-order valence-electron chi connectivity index (χ4n) is 1.69. The van der Waals surface area contributed by atoms with Crippen LogP contribution in [0.15, 0.2) is 36.4 Å². The second-order valence-corrected chi connectivity index (χ2v) is 4.34. The van der Waals surface area contributed by atoms with Crippen LogP contribution in [0.2, 0.25) is 5.02 Å². The van der Waals surface area contributed by atoms with Gasteiger partial charge in [0, 0.05) is 22.3 Å². The predicted octanol–water partition coefficient (Wildman–Crippen LogP) is 3.30. The molecular formula is C14H11ClFNO2. The first-order valence-electron chi connectivity index (χ1n) is 5.46. The Labute approximate surface area is 114 Å². The van der Waals surface area contributed by atoms with Gasteiger partial charge in [0.05, 0.1) is 12.7 Å². The number of nitrogen functional groups attached to an aromatic ring is 1. The number of anilines is 1. The van der Waals surface area contributed by atoms with E-state index in [9.17, 15) is 9.18 Å². The van der Waals surface area contributed by atoms with Gasteiger partial charge < -0.3 is 10.5 Å². The van der Waals surface area contributed by atoms with Gasteiger partial charge in [-0.15, -0.1) is 0 Å². The summed E-state index contributed by atoms with van der Waals surface area (Å²) in [5, 5.41) is 0.421. The highest BCUT2D eigenvalue weighted by molar-refractivity contribution is 6.31. The van der Waals surface area contributed by atoms with Crippen LogP contribution in [0.1, 0.15) is 15.9 Å². The van der Waals surface area contributed by atoms with Gasteiger partial charge in [-0.05, 0) is 30.3 Å². The normalized spacial score (nSPS) is 10.3. The molecule has 19 heavy (non-hydrogen) atoms. The van der Waals surface area contributed by atoms with E-state index in [4.69, 9.17) is 22.1 Å². The second-order valence-electron chi connectivity index (χ2n) is 3.91. The molecule has 2 aromatic rings. The summed E-state index contributed by atoms with van der Waals surface area (Å²) in [5.74, 6) is -0.800. The maximum absolute atomic E-state index is 13.8. The van der Waals surface area contributed by atoms with Crippen LogP contribution < -0.4 is 10.5 Å². The molecule has 0 unspecified atom stereocenters. The van der Waals surface area contributed by atoms with Crippen LogP contribution in [0, 0.1) is 5.82 Å². The van der Waals surface area contributed by atoms with Crippen molar-refractivity contribution in [3.8, 4) is 5.75 Å². The van der Waals surface area contributed by atoms with Crippen molar-refractivity contribution in [3.63, 3.8) is 0 Å². The first kappa shape index (κ1) is 13.4. The highest BCUT2D eigenvalue weighted by atomic mass is 35.5. The van der Waals surface area contributed by atoms with Crippen LogP contribution in [0.4, 0.5) is 10.1 Å². The summed E-state index contributed by atoms with van der Waals surface area (Å²) < 4.78 is 18.7. The zero-order chi connectivity index (χ0) is 14.0. The van der Waals surface area contributed by atoms with Crippen molar-refractivity contribution in [1.82, 2.24) is 0 Å². The summed E-state index contributed by atoms with van der Waals surface area (Å²) in [6, 6.07) is 8.50. The molecule has 0 fully saturated rings. The topological polar surface area (TPSA) is 52.3 Å². The second kappa shape index (κ2) is 5.28. The van der Waals surface area contributed by atoms with E-state index in [0.717, 1.165) is 6.07 Å². The standard InChI is InChI=1S/C14H11ClFNO2/c1-19-9-3-5-10(12(16)7-9)14(18)11-4-2-8(15)6-13(11)17/h2-7H,17H2,1H3. The lowest BCUT2D eigenvalue weighted by atomic mass is 10.0. The molecule has 0 aromatic heterocycles. The van der Waals surface area contributed by atoms with E-state index in [-0.39, 0.29) is 16.8 Å². The molecule has 0 aliphatic rings. The molecule has 3 nitrogen and oxygen atoms in total. The van der Waals surface area contributed by atoms with Crippen LogP contribution in [-0.4, -0.2) is 12.9 Å².